The van der Waals surface area contributed by atoms with Crippen LogP contribution in [0.3, 0.4) is 0 Å². The zero-order valence-electron chi connectivity index (χ0n) is 18.8. The summed E-state index contributed by atoms with van der Waals surface area (Å²) in [5, 5.41) is 3.80. The smallest absolute Gasteiger partial charge is 0.253 e. The van der Waals surface area contributed by atoms with Crippen LogP contribution in [-0.4, -0.2) is 48.3 Å². The standard InChI is InChI=1S/C26H28ClN3O3/c1-18-22(26(31)28-11-14-29-12-3-2-4-13-29)16-23(19-5-7-20(27)8-6-19)30(18)21-9-10-24-25(15-21)33-17-32-24/h5-10,15-16H,2-4,11-14,17H2,1H3,(H,28,31). The number of amides is 1. The van der Waals surface area contributed by atoms with Gasteiger partial charge in [-0.15, -0.1) is 0 Å². The summed E-state index contributed by atoms with van der Waals surface area (Å²) in [5.41, 5.74) is 4.34. The van der Waals surface area contributed by atoms with Gasteiger partial charge in [0.2, 0.25) is 6.79 Å². The van der Waals surface area contributed by atoms with Crippen molar-refractivity contribution >= 4 is 17.5 Å². The number of fused-ring (bicyclic) bond motifs is 1. The largest absolute Gasteiger partial charge is 0.454 e. The second-order valence-electron chi connectivity index (χ2n) is 8.57. The molecule has 172 valence electrons. The number of halogens is 1. The van der Waals surface area contributed by atoms with E-state index in [0.29, 0.717) is 22.9 Å². The highest BCUT2D eigenvalue weighted by Crippen LogP contribution is 2.37. The van der Waals surface area contributed by atoms with Crippen molar-refractivity contribution in [2.24, 2.45) is 0 Å². The number of rotatable bonds is 6. The molecule has 2 aliphatic rings. The van der Waals surface area contributed by atoms with Crippen molar-refractivity contribution < 1.29 is 14.3 Å². The fourth-order valence-corrected chi connectivity index (χ4v) is 4.76. The number of hydrogen-bond acceptors (Lipinski definition) is 4. The molecule has 0 spiro atoms. The van der Waals surface area contributed by atoms with Gasteiger partial charge in [-0.25, -0.2) is 0 Å². The Bertz CT molecular complexity index is 1150. The van der Waals surface area contributed by atoms with Crippen molar-refractivity contribution in [1.82, 2.24) is 14.8 Å². The molecule has 3 aromatic rings. The predicted octanol–water partition coefficient (Wildman–Crippen LogP) is 5.05. The van der Waals surface area contributed by atoms with Crippen molar-refractivity contribution in [2.75, 3.05) is 33.0 Å². The Labute approximate surface area is 199 Å². The lowest BCUT2D eigenvalue weighted by molar-refractivity contribution is 0.0946. The molecule has 1 saturated heterocycles. The highest BCUT2D eigenvalue weighted by molar-refractivity contribution is 6.30. The number of likely N-dealkylation sites (tertiary alicyclic amines) is 1. The van der Waals surface area contributed by atoms with E-state index in [4.69, 9.17) is 21.1 Å². The highest BCUT2D eigenvalue weighted by atomic mass is 35.5. The Morgan fingerprint density at radius 3 is 2.55 bits per heavy atom. The van der Waals surface area contributed by atoms with Gasteiger partial charge >= 0.3 is 0 Å². The van der Waals surface area contributed by atoms with Crippen molar-refractivity contribution in [3.63, 3.8) is 0 Å². The molecule has 1 fully saturated rings. The van der Waals surface area contributed by atoms with Gasteiger partial charge in [-0.3, -0.25) is 4.79 Å². The van der Waals surface area contributed by atoms with Crippen LogP contribution in [0.2, 0.25) is 5.02 Å². The highest BCUT2D eigenvalue weighted by Gasteiger charge is 2.22. The molecule has 3 heterocycles. The second kappa shape index (κ2) is 9.49. The fraction of sp³-hybridized carbons (Fsp3) is 0.346. The summed E-state index contributed by atoms with van der Waals surface area (Å²) in [4.78, 5) is 15.6. The number of carbonyl (C=O) groups is 1. The molecule has 0 unspecified atom stereocenters. The fourth-order valence-electron chi connectivity index (χ4n) is 4.63. The van der Waals surface area contributed by atoms with E-state index in [0.717, 1.165) is 48.0 Å². The number of piperidine rings is 1. The molecule has 0 radical (unpaired) electrons. The lowest BCUT2D eigenvalue weighted by Crippen LogP contribution is -2.37. The molecule has 2 aliphatic heterocycles. The molecular formula is C26H28ClN3O3. The van der Waals surface area contributed by atoms with Gasteiger partial charge in [-0.05, 0) is 68.8 Å². The summed E-state index contributed by atoms with van der Waals surface area (Å²) in [6.07, 6.45) is 3.80. The van der Waals surface area contributed by atoms with Crippen LogP contribution in [0.15, 0.2) is 48.5 Å². The molecule has 0 aliphatic carbocycles. The van der Waals surface area contributed by atoms with Crippen LogP contribution >= 0.6 is 11.6 Å². The SMILES string of the molecule is Cc1c(C(=O)NCCN2CCCCC2)cc(-c2ccc(Cl)cc2)n1-c1ccc2c(c1)OCO2. The molecule has 1 aromatic heterocycles. The Kier molecular flexibility index (Phi) is 6.29. The van der Waals surface area contributed by atoms with Gasteiger partial charge in [0, 0.05) is 35.6 Å². The van der Waals surface area contributed by atoms with Crippen LogP contribution in [0, 0.1) is 6.92 Å². The third kappa shape index (κ3) is 4.59. The quantitative estimate of drug-likeness (QED) is 0.553. The first kappa shape index (κ1) is 21.9. The van der Waals surface area contributed by atoms with E-state index in [9.17, 15) is 4.79 Å². The first-order chi connectivity index (χ1) is 16.1. The average molecular weight is 466 g/mol. The van der Waals surface area contributed by atoms with Crippen LogP contribution < -0.4 is 14.8 Å². The number of nitrogens with one attached hydrogen (secondary N) is 1. The summed E-state index contributed by atoms with van der Waals surface area (Å²) >= 11 is 6.12. The second-order valence-corrected chi connectivity index (χ2v) is 9.00. The zero-order valence-corrected chi connectivity index (χ0v) is 19.5. The van der Waals surface area contributed by atoms with Crippen LogP contribution in [0.5, 0.6) is 11.5 Å². The Balaban J connectivity index is 1.45. The van der Waals surface area contributed by atoms with E-state index >= 15 is 0 Å². The van der Waals surface area contributed by atoms with E-state index in [1.54, 1.807) is 0 Å². The van der Waals surface area contributed by atoms with Crippen molar-refractivity contribution in [1.29, 1.82) is 0 Å². The number of hydrogen-bond donors (Lipinski definition) is 1. The van der Waals surface area contributed by atoms with Crippen molar-refractivity contribution in [2.45, 2.75) is 26.2 Å². The number of benzene rings is 2. The van der Waals surface area contributed by atoms with Gasteiger partial charge in [0.25, 0.3) is 5.91 Å². The Hall–Kier alpha value is -2.96. The minimum Gasteiger partial charge on any atom is -0.454 e. The van der Waals surface area contributed by atoms with Gasteiger partial charge in [0.15, 0.2) is 11.5 Å². The summed E-state index contributed by atoms with van der Waals surface area (Å²) < 4.78 is 13.1. The summed E-state index contributed by atoms with van der Waals surface area (Å²) in [6, 6.07) is 15.5. The molecule has 33 heavy (non-hydrogen) atoms. The normalized spacial score (nSPS) is 15.6. The van der Waals surface area contributed by atoms with E-state index in [1.807, 2.05) is 55.5 Å². The Morgan fingerprint density at radius 1 is 1.00 bits per heavy atom. The van der Waals surface area contributed by atoms with Gasteiger partial charge in [-0.2, -0.15) is 0 Å². The number of nitrogens with zero attached hydrogens (tertiary/aromatic N) is 2. The minimum atomic E-state index is -0.0563. The third-order valence-corrected chi connectivity index (χ3v) is 6.66. The van der Waals surface area contributed by atoms with Gasteiger partial charge in [0.1, 0.15) is 0 Å². The first-order valence-electron chi connectivity index (χ1n) is 11.5. The van der Waals surface area contributed by atoms with Crippen LogP contribution in [0.25, 0.3) is 16.9 Å². The van der Waals surface area contributed by atoms with Gasteiger partial charge < -0.3 is 24.3 Å². The number of aromatic nitrogens is 1. The zero-order chi connectivity index (χ0) is 22.8. The maximum absolute atomic E-state index is 13.2. The number of ether oxygens (including phenoxy) is 2. The van der Waals surface area contributed by atoms with E-state index in [2.05, 4.69) is 14.8 Å². The summed E-state index contributed by atoms with van der Waals surface area (Å²) in [7, 11) is 0. The summed E-state index contributed by atoms with van der Waals surface area (Å²) in [6.45, 7) is 5.97. The van der Waals surface area contributed by atoms with Crippen molar-refractivity contribution in [3.05, 3.63) is 64.8 Å². The number of carbonyl (C=O) groups excluding carboxylic acids is 1. The molecule has 2 aromatic carbocycles. The molecule has 1 amide bonds. The van der Waals surface area contributed by atoms with E-state index in [-0.39, 0.29) is 12.7 Å². The monoisotopic (exact) mass is 465 g/mol. The topological polar surface area (TPSA) is 55.7 Å². The van der Waals surface area contributed by atoms with Crippen LogP contribution in [0.1, 0.15) is 35.3 Å². The average Bonchev–Trinajstić information content (AvgIpc) is 3.44. The van der Waals surface area contributed by atoms with Crippen LogP contribution in [0.4, 0.5) is 0 Å². The lowest BCUT2D eigenvalue weighted by Gasteiger charge is -2.26. The molecule has 0 saturated carbocycles. The molecule has 0 atom stereocenters. The van der Waals surface area contributed by atoms with E-state index < -0.39 is 0 Å². The molecular weight excluding hydrogens is 438 g/mol. The molecule has 6 nitrogen and oxygen atoms in total. The first-order valence-corrected chi connectivity index (χ1v) is 11.9. The minimum absolute atomic E-state index is 0.0563. The maximum atomic E-state index is 13.2. The molecule has 5 rings (SSSR count). The molecule has 0 bridgehead atoms. The predicted molar refractivity (Wildman–Crippen MR) is 130 cm³/mol. The van der Waals surface area contributed by atoms with Gasteiger partial charge in [0.05, 0.1) is 11.3 Å². The maximum Gasteiger partial charge on any atom is 0.253 e. The third-order valence-electron chi connectivity index (χ3n) is 6.41. The molecule has 1 N–H and O–H groups in total. The van der Waals surface area contributed by atoms with E-state index in [1.165, 1.54) is 19.3 Å². The van der Waals surface area contributed by atoms with Gasteiger partial charge in [-0.1, -0.05) is 30.2 Å². The van der Waals surface area contributed by atoms with Crippen LogP contribution in [-0.2, 0) is 0 Å². The summed E-state index contributed by atoms with van der Waals surface area (Å²) in [5.74, 6) is 1.38. The van der Waals surface area contributed by atoms with Crippen molar-refractivity contribution in [3.8, 4) is 28.4 Å². The molecule has 7 heteroatoms. The lowest BCUT2D eigenvalue weighted by atomic mass is 10.1. The Morgan fingerprint density at radius 2 is 1.76 bits per heavy atom.